The maximum absolute atomic E-state index is 12.9. The molecule has 1 heterocycles. The van der Waals surface area contributed by atoms with Crippen molar-refractivity contribution in [2.45, 2.75) is 83.0 Å². The Bertz CT molecular complexity index is 825. The molecule has 0 aliphatic carbocycles. The largest absolute Gasteiger partial charge is 0.446 e. The predicted octanol–water partition coefficient (Wildman–Crippen LogP) is 5.14. The van der Waals surface area contributed by atoms with Crippen LogP contribution >= 0.6 is 23.5 Å². The zero-order valence-corrected chi connectivity index (χ0v) is 23.7. The minimum absolute atomic E-state index is 0.121. The zero-order chi connectivity index (χ0) is 26.3. The van der Waals surface area contributed by atoms with Gasteiger partial charge in [0, 0.05) is 36.1 Å². The number of carbonyl (C=O) groups excluding carboxylic acids is 3. The third kappa shape index (κ3) is 9.63. The van der Waals surface area contributed by atoms with Crippen molar-refractivity contribution in [1.29, 1.82) is 0 Å². The van der Waals surface area contributed by atoms with Crippen LogP contribution in [0.5, 0.6) is 0 Å². The van der Waals surface area contributed by atoms with Crippen molar-refractivity contribution in [1.82, 2.24) is 10.2 Å². The van der Waals surface area contributed by atoms with Gasteiger partial charge in [-0.1, -0.05) is 44.5 Å². The number of nitrogens with one attached hydrogen (secondary N) is 1. The zero-order valence-electron chi connectivity index (χ0n) is 22.1. The van der Waals surface area contributed by atoms with E-state index in [9.17, 15) is 14.4 Å². The molecule has 1 aliphatic heterocycles. The van der Waals surface area contributed by atoms with Gasteiger partial charge in [-0.05, 0) is 49.5 Å². The lowest BCUT2D eigenvalue weighted by Crippen LogP contribution is -2.41. The second-order valence-corrected chi connectivity index (χ2v) is 11.3. The Labute approximate surface area is 224 Å². The summed E-state index contributed by atoms with van der Waals surface area (Å²) < 4.78 is 11.0. The van der Waals surface area contributed by atoms with Crippen LogP contribution in [0.1, 0.15) is 76.1 Å². The molecule has 0 spiro atoms. The number of benzene rings is 1. The smallest absolute Gasteiger partial charge is 0.307 e. The van der Waals surface area contributed by atoms with Crippen LogP contribution in [0, 0.1) is 5.92 Å². The second-order valence-electron chi connectivity index (χ2n) is 9.19. The molecule has 202 valence electrons. The highest BCUT2D eigenvalue weighted by atomic mass is 32.2. The average molecular weight is 539 g/mol. The fourth-order valence-corrected chi connectivity index (χ4v) is 5.71. The van der Waals surface area contributed by atoms with Crippen molar-refractivity contribution in [2.75, 3.05) is 24.8 Å². The summed E-state index contributed by atoms with van der Waals surface area (Å²) >= 11 is 3.79. The first-order valence-electron chi connectivity index (χ1n) is 12.9. The van der Waals surface area contributed by atoms with Crippen molar-refractivity contribution in [3.05, 3.63) is 35.4 Å². The molecule has 0 aromatic heterocycles. The van der Waals surface area contributed by atoms with E-state index >= 15 is 0 Å². The van der Waals surface area contributed by atoms with Crippen LogP contribution in [-0.2, 0) is 30.4 Å². The molecule has 0 saturated carbocycles. The van der Waals surface area contributed by atoms with Gasteiger partial charge < -0.3 is 9.47 Å². The lowest BCUT2D eigenvalue weighted by atomic mass is 10.1. The second kappa shape index (κ2) is 16.9. The number of fused-ring (bicyclic) bond motifs is 1. The molecule has 1 amide bonds. The van der Waals surface area contributed by atoms with Crippen molar-refractivity contribution in [2.24, 2.45) is 5.92 Å². The van der Waals surface area contributed by atoms with E-state index in [2.05, 4.69) is 24.8 Å². The van der Waals surface area contributed by atoms with Gasteiger partial charge in [0.25, 0.3) is 6.47 Å². The first kappa shape index (κ1) is 30.5. The molecule has 9 heteroatoms. The summed E-state index contributed by atoms with van der Waals surface area (Å²) in [5.41, 5.74) is 1.82. The number of hydrogen-bond acceptors (Lipinski definition) is 8. The summed E-state index contributed by atoms with van der Waals surface area (Å²) in [6.07, 6.45) is 8.81. The van der Waals surface area contributed by atoms with Crippen LogP contribution in [0.4, 0.5) is 0 Å². The van der Waals surface area contributed by atoms with Gasteiger partial charge in [-0.25, -0.2) is 0 Å². The van der Waals surface area contributed by atoms with Crippen LogP contribution in [0.25, 0.3) is 0 Å². The third-order valence-corrected chi connectivity index (χ3v) is 8.47. The van der Waals surface area contributed by atoms with Gasteiger partial charge in [-0.2, -0.15) is 23.5 Å². The van der Waals surface area contributed by atoms with E-state index < -0.39 is 12.5 Å². The Hall–Kier alpha value is -1.71. The number of amides is 1. The molecule has 2 rings (SSSR count). The van der Waals surface area contributed by atoms with Gasteiger partial charge in [0.2, 0.25) is 12.1 Å². The molecule has 36 heavy (non-hydrogen) atoms. The Morgan fingerprint density at radius 3 is 2.67 bits per heavy atom. The number of rotatable bonds is 18. The molecule has 4 atom stereocenters. The van der Waals surface area contributed by atoms with Gasteiger partial charge in [-0.15, -0.1) is 0 Å². The molecule has 0 radical (unpaired) electrons. The maximum Gasteiger partial charge on any atom is 0.307 e. The van der Waals surface area contributed by atoms with E-state index in [1.807, 2.05) is 54.7 Å². The molecule has 1 aromatic carbocycles. The Morgan fingerprint density at radius 1 is 1.19 bits per heavy atom. The normalized spacial score (nSPS) is 17.2. The topological polar surface area (TPSA) is 84.9 Å². The number of thioether (sulfide) groups is 2. The van der Waals surface area contributed by atoms with Crippen molar-refractivity contribution < 1.29 is 23.9 Å². The Balaban J connectivity index is 1.79. The van der Waals surface area contributed by atoms with Gasteiger partial charge >= 0.3 is 5.97 Å². The quantitative estimate of drug-likeness (QED) is 0.119. The van der Waals surface area contributed by atoms with E-state index in [1.165, 1.54) is 12.2 Å². The average Bonchev–Trinajstić information content (AvgIpc) is 3.26. The van der Waals surface area contributed by atoms with Gasteiger partial charge in [0.15, 0.2) is 6.23 Å². The summed E-state index contributed by atoms with van der Waals surface area (Å²) in [5, 5.41) is 3.91. The molecule has 1 N–H and O–H groups in total. The highest BCUT2D eigenvalue weighted by molar-refractivity contribution is 7.99. The third-order valence-electron chi connectivity index (χ3n) is 6.69. The monoisotopic (exact) mass is 538 g/mol. The number of esters is 1. The van der Waals surface area contributed by atoms with E-state index in [0.29, 0.717) is 31.2 Å². The number of nitrogens with zero attached hydrogens (tertiary/aromatic N) is 1. The van der Waals surface area contributed by atoms with Gasteiger partial charge in [0.05, 0.1) is 6.54 Å². The number of carbonyl (C=O) groups is 3. The molecular weight excluding hydrogens is 496 g/mol. The van der Waals surface area contributed by atoms with Crippen molar-refractivity contribution in [3.63, 3.8) is 0 Å². The van der Waals surface area contributed by atoms with Crippen molar-refractivity contribution >= 4 is 41.9 Å². The fourth-order valence-electron chi connectivity index (χ4n) is 4.28. The maximum atomic E-state index is 12.9. The minimum atomic E-state index is -0.694. The predicted molar refractivity (Wildman–Crippen MR) is 148 cm³/mol. The van der Waals surface area contributed by atoms with Crippen molar-refractivity contribution in [3.8, 4) is 0 Å². The summed E-state index contributed by atoms with van der Waals surface area (Å²) in [5.74, 6) is 0.981. The number of unbranched alkanes of at least 4 members (excludes halogenated alkanes) is 1. The van der Waals surface area contributed by atoms with Gasteiger partial charge in [0.1, 0.15) is 0 Å². The van der Waals surface area contributed by atoms with E-state index in [-0.39, 0.29) is 24.2 Å². The Morgan fingerprint density at radius 2 is 1.97 bits per heavy atom. The van der Waals surface area contributed by atoms with Crippen LogP contribution in [0.3, 0.4) is 0 Å². The lowest BCUT2D eigenvalue weighted by molar-refractivity contribution is -0.154. The van der Waals surface area contributed by atoms with Crippen LogP contribution in [-0.4, -0.2) is 59.5 Å². The molecule has 1 aliphatic rings. The molecule has 7 nitrogen and oxygen atoms in total. The first-order valence-corrected chi connectivity index (χ1v) is 15.5. The Kier molecular flexibility index (Phi) is 14.3. The van der Waals surface area contributed by atoms with Gasteiger partial charge in [-0.3, -0.25) is 24.6 Å². The summed E-state index contributed by atoms with van der Waals surface area (Å²) in [7, 11) is 0. The molecule has 0 saturated heterocycles. The highest BCUT2D eigenvalue weighted by Crippen LogP contribution is 2.34. The SMILES string of the molecule is CCC(C)C(NCCC(=O)N1Cc2ccccc2C1OC=O)OC(=O)CCCCC(CCSC)SC. The number of hydrogen-bond donors (Lipinski definition) is 1. The van der Waals surface area contributed by atoms with E-state index in [4.69, 9.17) is 9.47 Å². The molecule has 0 fully saturated rings. The van der Waals surface area contributed by atoms with E-state index in [1.54, 1.807) is 4.90 Å². The fraction of sp³-hybridized carbons (Fsp3) is 0.667. The molecule has 0 bridgehead atoms. The van der Waals surface area contributed by atoms with Crippen LogP contribution in [0.2, 0.25) is 0 Å². The van der Waals surface area contributed by atoms with Crippen LogP contribution in [0.15, 0.2) is 24.3 Å². The standard InChI is InChI=1S/C27H42N2O5S2/c1-5-20(2)26(34-25(32)13-9-7-11-22(36-4)15-17-35-3)28-16-14-24(31)29-18-21-10-6-8-12-23(21)27(29)33-19-30/h6,8,10,12,19-20,22,26-28H,5,7,9,11,13-18H2,1-4H3. The summed E-state index contributed by atoms with van der Waals surface area (Å²) in [6, 6.07) is 7.59. The first-order chi connectivity index (χ1) is 17.4. The summed E-state index contributed by atoms with van der Waals surface area (Å²) in [4.78, 5) is 38.0. The molecule has 4 unspecified atom stereocenters. The molecular formula is C27H42N2O5S2. The molecule has 1 aromatic rings. The summed E-state index contributed by atoms with van der Waals surface area (Å²) in [6.45, 7) is 5.25. The minimum Gasteiger partial charge on any atom is -0.446 e. The lowest BCUT2D eigenvalue weighted by Gasteiger charge is -2.26. The number of ether oxygens (including phenoxy) is 2. The van der Waals surface area contributed by atoms with Crippen LogP contribution < -0.4 is 5.32 Å². The highest BCUT2D eigenvalue weighted by Gasteiger charge is 2.34. The van der Waals surface area contributed by atoms with E-state index in [0.717, 1.165) is 36.8 Å².